The maximum Gasteiger partial charge on any atom is 0.328 e. The Labute approximate surface area is 108 Å². The molecule has 1 unspecified atom stereocenters. The van der Waals surface area contributed by atoms with Crippen LogP contribution in [0, 0.1) is 24.2 Å². The number of nitrogens with zero attached hydrogens (tertiary/aromatic N) is 1. The topological polar surface area (TPSA) is 62.1 Å². The molecule has 1 atom stereocenters. The van der Waals surface area contributed by atoms with Crippen LogP contribution in [0.1, 0.15) is 25.0 Å². The van der Waals surface area contributed by atoms with Crippen LogP contribution < -0.4 is 5.32 Å². The number of ether oxygens (including phenoxy) is 1. The first-order valence-electron chi connectivity index (χ1n) is 5.84. The monoisotopic (exact) mass is 246 g/mol. The number of methoxy groups -OCH3 is 1. The molecule has 0 heterocycles. The van der Waals surface area contributed by atoms with Gasteiger partial charge in [-0.25, -0.2) is 4.79 Å². The molecule has 18 heavy (non-hydrogen) atoms. The molecule has 0 saturated carbocycles. The van der Waals surface area contributed by atoms with E-state index in [1.165, 1.54) is 7.11 Å². The molecule has 0 bridgehead atoms. The Balaban J connectivity index is 2.95. The molecule has 1 rings (SSSR count). The lowest BCUT2D eigenvalue weighted by Crippen LogP contribution is -2.35. The van der Waals surface area contributed by atoms with E-state index in [1.54, 1.807) is 12.1 Å². The van der Waals surface area contributed by atoms with Crippen LogP contribution in [0.15, 0.2) is 18.2 Å². The molecule has 0 saturated heterocycles. The van der Waals surface area contributed by atoms with Gasteiger partial charge >= 0.3 is 5.97 Å². The number of hydrogen-bond donors (Lipinski definition) is 1. The molecule has 0 aliphatic heterocycles. The lowest BCUT2D eigenvalue weighted by molar-refractivity contribution is -0.142. The summed E-state index contributed by atoms with van der Waals surface area (Å²) >= 11 is 0. The second-order valence-corrected chi connectivity index (χ2v) is 4.53. The Bertz CT molecular complexity index is 475. The van der Waals surface area contributed by atoms with Gasteiger partial charge in [0.25, 0.3) is 0 Å². The van der Waals surface area contributed by atoms with E-state index >= 15 is 0 Å². The van der Waals surface area contributed by atoms with Crippen LogP contribution in [-0.4, -0.2) is 19.1 Å². The first-order valence-corrected chi connectivity index (χ1v) is 5.84. The van der Waals surface area contributed by atoms with Crippen LogP contribution in [0.5, 0.6) is 0 Å². The zero-order chi connectivity index (χ0) is 13.7. The van der Waals surface area contributed by atoms with E-state index < -0.39 is 0 Å². The van der Waals surface area contributed by atoms with E-state index in [2.05, 4.69) is 11.4 Å². The van der Waals surface area contributed by atoms with Crippen molar-refractivity contribution in [3.63, 3.8) is 0 Å². The molecule has 1 aromatic carbocycles. The van der Waals surface area contributed by atoms with Gasteiger partial charge in [0, 0.05) is 5.69 Å². The van der Waals surface area contributed by atoms with Gasteiger partial charge in [-0.3, -0.25) is 0 Å². The minimum absolute atomic E-state index is 0.118. The van der Waals surface area contributed by atoms with Gasteiger partial charge in [-0.15, -0.1) is 0 Å². The molecule has 0 fully saturated rings. The number of anilines is 1. The number of nitriles is 1. The maximum absolute atomic E-state index is 11.7. The molecule has 1 N–H and O–H groups in total. The van der Waals surface area contributed by atoms with Gasteiger partial charge in [0.1, 0.15) is 6.04 Å². The van der Waals surface area contributed by atoms with Crippen molar-refractivity contribution < 1.29 is 9.53 Å². The van der Waals surface area contributed by atoms with Gasteiger partial charge in [0.05, 0.1) is 18.7 Å². The fraction of sp³-hybridized carbons (Fsp3) is 0.429. The van der Waals surface area contributed by atoms with Crippen LogP contribution in [0.2, 0.25) is 0 Å². The summed E-state index contributed by atoms with van der Waals surface area (Å²) in [6.07, 6.45) is 0. The summed E-state index contributed by atoms with van der Waals surface area (Å²) in [4.78, 5) is 11.7. The molecule has 0 radical (unpaired) electrons. The average molecular weight is 246 g/mol. The van der Waals surface area contributed by atoms with Crippen LogP contribution in [0.4, 0.5) is 5.69 Å². The molecule has 0 aromatic heterocycles. The number of rotatable bonds is 4. The summed E-state index contributed by atoms with van der Waals surface area (Å²) in [7, 11) is 1.38. The highest BCUT2D eigenvalue weighted by atomic mass is 16.5. The zero-order valence-corrected chi connectivity index (χ0v) is 11.2. The van der Waals surface area contributed by atoms with Gasteiger partial charge in [-0.1, -0.05) is 13.8 Å². The molecular weight excluding hydrogens is 228 g/mol. The molecule has 4 heteroatoms. The third kappa shape index (κ3) is 3.24. The van der Waals surface area contributed by atoms with Crippen molar-refractivity contribution in [1.29, 1.82) is 5.26 Å². The molecule has 1 aromatic rings. The molecule has 0 aliphatic rings. The minimum atomic E-state index is -0.387. The predicted octanol–water partition coefficient (Wildman–Crippen LogP) is 2.48. The summed E-state index contributed by atoms with van der Waals surface area (Å²) in [6.45, 7) is 5.80. The summed E-state index contributed by atoms with van der Waals surface area (Å²) in [5.74, 6) is -0.166. The molecule has 4 nitrogen and oxygen atoms in total. The van der Waals surface area contributed by atoms with Crippen molar-refractivity contribution in [2.45, 2.75) is 26.8 Å². The Morgan fingerprint density at radius 3 is 2.56 bits per heavy atom. The van der Waals surface area contributed by atoms with E-state index in [4.69, 9.17) is 10.00 Å². The minimum Gasteiger partial charge on any atom is -0.467 e. The molecule has 0 spiro atoms. The molecule has 0 aliphatic carbocycles. The standard InChI is InChI=1S/C14H18N2O2/c1-9(2)13(14(17)18-4)16-12-6-5-11(8-15)7-10(12)3/h5-7,9,13,16H,1-4H3. The van der Waals surface area contributed by atoms with E-state index in [-0.39, 0.29) is 17.9 Å². The number of carbonyl (C=O) groups excluding carboxylic acids is 1. The molecule has 96 valence electrons. The largest absolute Gasteiger partial charge is 0.467 e. The Hall–Kier alpha value is -2.02. The van der Waals surface area contributed by atoms with Crippen LogP contribution in [0.25, 0.3) is 0 Å². The van der Waals surface area contributed by atoms with Gasteiger partial charge in [0.2, 0.25) is 0 Å². The number of benzene rings is 1. The van der Waals surface area contributed by atoms with Crippen molar-refractivity contribution in [2.24, 2.45) is 5.92 Å². The summed E-state index contributed by atoms with van der Waals surface area (Å²) in [5, 5.41) is 12.0. The number of aryl methyl sites for hydroxylation is 1. The highest BCUT2D eigenvalue weighted by Crippen LogP contribution is 2.19. The number of nitrogens with one attached hydrogen (secondary N) is 1. The van der Waals surface area contributed by atoms with Gasteiger partial charge in [0.15, 0.2) is 0 Å². The lowest BCUT2D eigenvalue weighted by atomic mass is 10.0. The van der Waals surface area contributed by atoms with E-state index in [0.717, 1.165) is 11.3 Å². The average Bonchev–Trinajstić information content (AvgIpc) is 2.35. The Morgan fingerprint density at radius 2 is 2.11 bits per heavy atom. The highest BCUT2D eigenvalue weighted by molar-refractivity contribution is 5.80. The smallest absolute Gasteiger partial charge is 0.328 e. The van der Waals surface area contributed by atoms with Gasteiger partial charge in [-0.2, -0.15) is 5.26 Å². The number of esters is 1. The summed E-state index contributed by atoms with van der Waals surface area (Å²) < 4.78 is 4.78. The normalized spacial score (nSPS) is 11.8. The van der Waals surface area contributed by atoms with E-state index in [0.29, 0.717) is 5.56 Å². The second kappa shape index (κ2) is 6.06. The first-order chi connectivity index (χ1) is 8.49. The fourth-order valence-electron chi connectivity index (χ4n) is 1.69. The fourth-order valence-corrected chi connectivity index (χ4v) is 1.69. The van der Waals surface area contributed by atoms with Gasteiger partial charge in [-0.05, 0) is 36.6 Å². The first kappa shape index (κ1) is 14.0. The van der Waals surface area contributed by atoms with E-state index in [1.807, 2.05) is 26.8 Å². The maximum atomic E-state index is 11.7. The van der Waals surface area contributed by atoms with E-state index in [9.17, 15) is 4.79 Å². The van der Waals surface area contributed by atoms with Crippen molar-refractivity contribution in [3.8, 4) is 6.07 Å². The molecular formula is C14H18N2O2. The van der Waals surface area contributed by atoms with Crippen LogP contribution >= 0.6 is 0 Å². The third-order valence-electron chi connectivity index (χ3n) is 2.79. The highest BCUT2D eigenvalue weighted by Gasteiger charge is 2.23. The van der Waals surface area contributed by atoms with Gasteiger partial charge < -0.3 is 10.1 Å². The zero-order valence-electron chi connectivity index (χ0n) is 11.2. The lowest BCUT2D eigenvalue weighted by Gasteiger charge is -2.22. The predicted molar refractivity (Wildman–Crippen MR) is 70.2 cm³/mol. The van der Waals surface area contributed by atoms with Crippen LogP contribution in [0.3, 0.4) is 0 Å². The SMILES string of the molecule is COC(=O)C(Nc1ccc(C#N)cc1C)C(C)C. The summed E-state index contributed by atoms with van der Waals surface area (Å²) in [5.41, 5.74) is 2.39. The van der Waals surface area contributed by atoms with Crippen molar-refractivity contribution in [1.82, 2.24) is 0 Å². The number of hydrogen-bond acceptors (Lipinski definition) is 4. The summed E-state index contributed by atoms with van der Waals surface area (Å²) in [6, 6.07) is 7.02. The third-order valence-corrected chi connectivity index (χ3v) is 2.79. The van der Waals surface area contributed by atoms with Crippen molar-refractivity contribution in [3.05, 3.63) is 29.3 Å². The Kier molecular flexibility index (Phi) is 4.73. The Morgan fingerprint density at radius 1 is 1.44 bits per heavy atom. The molecule has 0 amide bonds. The quantitative estimate of drug-likeness (QED) is 0.829. The second-order valence-electron chi connectivity index (χ2n) is 4.53. The number of carbonyl (C=O) groups is 1. The van der Waals surface area contributed by atoms with Crippen molar-refractivity contribution in [2.75, 3.05) is 12.4 Å². The van der Waals surface area contributed by atoms with Crippen LogP contribution in [-0.2, 0) is 9.53 Å². The van der Waals surface area contributed by atoms with Crippen molar-refractivity contribution >= 4 is 11.7 Å².